The van der Waals surface area contributed by atoms with Crippen LogP contribution < -0.4 is 4.74 Å². The Morgan fingerprint density at radius 2 is 2.13 bits per heavy atom. The molecule has 0 N–H and O–H groups in total. The Labute approximate surface area is 90.8 Å². The summed E-state index contributed by atoms with van der Waals surface area (Å²) in [7, 11) is 0. The van der Waals surface area contributed by atoms with E-state index in [1.165, 1.54) is 13.0 Å². The predicted octanol–water partition coefficient (Wildman–Crippen LogP) is 2.54. The van der Waals surface area contributed by atoms with E-state index in [9.17, 15) is 13.6 Å². The van der Waals surface area contributed by atoms with Gasteiger partial charge in [-0.2, -0.15) is 0 Å². The van der Waals surface area contributed by atoms with E-state index in [-0.39, 0.29) is 17.4 Å². The first-order valence-corrected chi connectivity index (χ1v) is 4.78. The van der Waals surface area contributed by atoms with Crippen molar-refractivity contribution in [3.63, 3.8) is 0 Å². The number of carbonyl (C=O) groups is 1. The van der Waals surface area contributed by atoms with Gasteiger partial charge < -0.3 is 4.74 Å². The zero-order valence-corrected chi connectivity index (χ0v) is 8.72. The SMILES string of the molecule is CC(Oc1ccc(F)c(F)c1)C(=O)CCl. The molecule has 0 fully saturated rings. The summed E-state index contributed by atoms with van der Waals surface area (Å²) in [4.78, 5) is 11.0. The molecule has 0 spiro atoms. The van der Waals surface area contributed by atoms with Gasteiger partial charge in [0, 0.05) is 6.07 Å². The number of hydrogen-bond acceptors (Lipinski definition) is 2. The molecular formula is C10H9ClF2O2. The first kappa shape index (κ1) is 11.9. The summed E-state index contributed by atoms with van der Waals surface area (Å²) in [5.41, 5.74) is 0. The van der Waals surface area contributed by atoms with Crippen LogP contribution in [-0.4, -0.2) is 17.8 Å². The van der Waals surface area contributed by atoms with Crippen LogP contribution in [0.15, 0.2) is 18.2 Å². The van der Waals surface area contributed by atoms with Gasteiger partial charge >= 0.3 is 0 Å². The van der Waals surface area contributed by atoms with Crippen LogP contribution >= 0.6 is 11.6 Å². The lowest BCUT2D eigenvalue weighted by molar-refractivity contribution is -0.122. The quantitative estimate of drug-likeness (QED) is 0.749. The molecule has 1 rings (SSSR count). The lowest BCUT2D eigenvalue weighted by atomic mass is 10.2. The van der Waals surface area contributed by atoms with Crippen molar-refractivity contribution in [3.05, 3.63) is 29.8 Å². The van der Waals surface area contributed by atoms with E-state index < -0.39 is 17.7 Å². The molecular weight excluding hydrogens is 226 g/mol. The third-order valence-electron chi connectivity index (χ3n) is 1.79. The molecule has 0 aliphatic carbocycles. The second-order valence-electron chi connectivity index (χ2n) is 2.94. The summed E-state index contributed by atoms with van der Waals surface area (Å²) >= 11 is 5.31. The van der Waals surface area contributed by atoms with E-state index in [1.807, 2.05) is 0 Å². The van der Waals surface area contributed by atoms with E-state index in [2.05, 4.69) is 0 Å². The van der Waals surface area contributed by atoms with Gasteiger partial charge in [0.1, 0.15) is 5.75 Å². The molecule has 0 aromatic heterocycles. The number of Topliss-reactive ketones (excluding diaryl/α,β-unsaturated/α-hetero) is 1. The van der Waals surface area contributed by atoms with Gasteiger partial charge in [0.05, 0.1) is 5.88 Å². The summed E-state index contributed by atoms with van der Waals surface area (Å²) in [5, 5.41) is 0. The lowest BCUT2D eigenvalue weighted by Crippen LogP contribution is -2.24. The van der Waals surface area contributed by atoms with Crippen molar-refractivity contribution >= 4 is 17.4 Å². The number of ketones is 1. The third kappa shape index (κ3) is 3.16. The van der Waals surface area contributed by atoms with E-state index in [0.29, 0.717) is 0 Å². The maximum absolute atomic E-state index is 12.7. The van der Waals surface area contributed by atoms with E-state index >= 15 is 0 Å². The molecule has 1 aromatic carbocycles. The van der Waals surface area contributed by atoms with Gasteiger partial charge in [-0.1, -0.05) is 0 Å². The number of ether oxygens (including phenoxy) is 1. The number of alkyl halides is 1. The van der Waals surface area contributed by atoms with Crippen molar-refractivity contribution < 1.29 is 18.3 Å². The number of rotatable bonds is 4. The average molecular weight is 235 g/mol. The number of halogens is 3. The summed E-state index contributed by atoms with van der Waals surface area (Å²) in [6.45, 7) is 1.49. The van der Waals surface area contributed by atoms with Crippen molar-refractivity contribution in [1.29, 1.82) is 0 Å². The topological polar surface area (TPSA) is 26.3 Å². The summed E-state index contributed by atoms with van der Waals surface area (Å²) in [5.74, 6) is -2.37. The Hall–Kier alpha value is -1.16. The maximum atomic E-state index is 12.7. The van der Waals surface area contributed by atoms with Crippen LogP contribution in [0.1, 0.15) is 6.92 Å². The Kier molecular flexibility index (Phi) is 4.03. The second-order valence-corrected chi connectivity index (χ2v) is 3.20. The van der Waals surface area contributed by atoms with Crippen LogP contribution in [-0.2, 0) is 4.79 Å². The molecule has 1 atom stereocenters. The second kappa shape index (κ2) is 5.07. The van der Waals surface area contributed by atoms with Crippen molar-refractivity contribution in [3.8, 4) is 5.75 Å². The van der Waals surface area contributed by atoms with Crippen LogP contribution in [0.2, 0.25) is 0 Å². The minimum atomic E-state index is -1.02. The van der Waals surface area contributed by atoms with E-state index in [0.717, 1.165) is 12.1 Å². The molecule has 82 valence electrons. The molecule has 0 aliphatic rings. The van der Waals surface area contributed by atoms with Gasteiger partial charge in [0.2, 0.25) is 0 Å². The third-order valence-corrected chi connectivity index (χ3v) is 2.05. The lowest BCUT2D eigenvalue weighted by Gasteiger charge is -2.12. The summed E-state index contributed by atoms with van der Waals surface area (Å²) < 4.78 is 30.4. The predicted molar refractivity (Wildman–Crippen MR) is 52.2 cm³/mol. The van der Waals surface area contributed by atoms with Crippen molar-refractivity contribution in [2.45, 2.75) is 13.0 Å². The van der Waals surface area contributed by atoms with Gasteiger partial charge in [0.15, 0.2) is 23.5 Å². The van der Waals surface area contributed by atoms with Crippen LogP contribution in [0, 0.1) is 11.6 Å². The highest BCUT2D eigenvalue weighted by atomic mass is 35.5. The van der Waals surface area contributed by atoms with Gasteiger partial charge in [-0.15, -0.1) is 11.6 Å². The molecule has 0 heterocycles. The Morgan fingerprint density at radius 1 is 1.47 bits per heavy atom. The highest BCUT2D eigenvalue weighted by Gasteiger charge is 2.14. The molecule has 5 heteroatoms. The number of carbonyl (C=O) groups excluding carboxylic acids is 1. The largest absolute Gasteiger partial charge is 0.483 e. The fourth-order valence-electron chi connectivity index (χ4n) is 0.929. The smallest absolute Gasteiger partial charge is 0.187 e. The van der Waals surface area contributed by atoms with Crippen LogP contribution in [0.4, 0.5) is 8.78 Å². The highest BCUT2D eigenvalue weighted by Crippen LogP contribution is 2.16. The van der Waals surface area contributed by atoms with Gasteiger partial charge in [-0.25, -0.2) is 8.78 Å². The number of benzene rings is 1. The molecule has 0 saturated heterocycles. The Balaban J connectivity index is 2.73. The van der Waals surface area contributed by atoms with E-state index in [1.54, 1.807) is 0 Å². The summed E-state index contributed by atoms with van der Waals surface area (Å²) in [6, 6.07) is 3.06. The molecule has 15 heavy (non-hydrogen) atoms. The first-order chi connectivity index (χ1) is 7.04. The van der Waals surface area contributed by atoms with Crippen LogP contribution in [0.25, 0.3) is 0 Å². The van der Waals surface area contributed by atoms with Gasteiger partial charge in [0.25, 0.3) is 0 Å². The standard InChI is InChI=1S/C10H9ClF2O2/c1-6(10(14)5-11)15-7-2-3-8(12)9(13)4-7/h2-4,6H,5H2,1H3. The summed E-state index contributed by atoms with van der Waals surface area (Å²) in [6.07, 6.45) is -0.771. The molecule has 0 aliphatic heterocycles. The van der Waals surface area contributed by atoms with Gasteiger partial charge in [-0.3, -0.25) is 4.79 Å². The molecule has 0 saturated carbocycles. The van der Waals surface area contributed by atoms with Gasteiger partial charge in [-0.05, 0) is 19.1 Å². The number of hydrogen-bond donors (Lipinski definition) is 0. The minimum absolute atomic E-state index is 0.0971. The van der Waals surface area contributed by atoms with Crippen molar-refractivity contribution in [1.82, 2.24) is 0 Å². The van der Waals surface area contributed by atoms with E-state index in [4.69, 9.17) is 16.3 Å². The zero-order valence-electron chi connectivity index (χ0n) is 7.97. The van der Waals surface area contributed by atoms with Crippen molar-refractivity contribution in [2.24, 2.45) is 0 Å². The molecule has 1 unspecified atom stereocenters. The van der Waals surface area contributed by atoms with Crippen molar-refractivity contribution in [2.75, 3.05) is 5.88 Å². The average Bonchev–Trinajstić information content (AvgIpc) is 2.22. The minimum Gasteiger partial charge on any atom is -0.483 e. The Morgan fingerprint density at radius 3 is 2.67 bits per heavy atom. The Bertz CT molecular complexity index is 368. The highest BCUT2D eigenvalue weighted by molar-refractivity contribution is 6.28. The first-order valence-electron chi connectivity index (χ1n) is 4.25. The fourth-order valence-corrected chi connectivity index (χ4v) is 1.15. The monoisotopic (exact) mass is 234 g/mol. The molecule has 1 aromatic rings. The fraction of sp³-hybridized carbons (Fsp3) is 0.300. The van der Waals surface area contributed by atoms with Crippen LogP contribution in [0.5, 0.6) is 5.75 Å². The molecule has 0 radical (unpaired) electrons. The van der Waals surface area contributed by atoms with Crippen LogP contribution in [0.3, 0.4) is 0 Å². The molecule has 0 bridgehead atoms. The zero-order chi connectivity index (χ0) is 11.4. The maximum Gasteiger partial charge on any atom is 0.187 e. The molecule has 0 amide bonds. The molecule has 2 nitrogen and oxygen atoms in total. The normalized spacial score (nSPS) is 12.3.